The first-order valence-electron chi connectivity index (χ1n) is 6.69. The van der Waals surface area contributed by atoms with Crippen LogP contribution in [0.25, 0.3) is 0 Å². The van der Waals surface area contributed by atoms with Gasteiger partial charge in [-0.1, -0.05) is 40.5 Å². The number of carbonyl (C=O) groups excluding carboxylic acids is 1. The fraction of sp³-hybridized carbons (Fsp3) is 0.533. The van der Waals surface area contributed by atoms with Gasteiger partial charge in [0.25, 0.3) is 5.91 Å². The molecule has 0 atom stereocenters. The molecule has 0 saturated heterocycles. The zero-order chi connectivity index (χ0) is 13.9. The fourth-order valence-electron chi connectivity index (χ4n) is 2.55. The summed E-state index contributed by atoms with van der Waals surface area (Å²) in [6, 6.07) is 7.10. The molecule has 1 aliphatic carbocycles. The van der Waals surface area contributed by atoms with Gasteiger partial charge in [-0.3, -0.25) is 4.79 Å². The zero-order valence-corrected chi connectivity index (χ0v) is 13.4. The van der Waals surface area contributed by atoms with Crippen molar-refractivity contribution in [2.45, 2.75) is 38.1 Å². The van der Waals surface area contributed by atoms with Crippen molar-refractivity contribution in [2.75, 3.05) is 5.33 Å². The van der Waals surface area contributed by atoms with E-state index < -0.39 is 0 Å². The standard InChI is InChI=1S/C15H19BrClNO/c1-11-5-7-15(10-16,8-6-11)18-14(19)12-3-2-4-13(17)9-12/h2-4,9,11H,5-8,10H2,1H3,(H,18,19). The van der Waals surface area contributed by atoms with Gasteiger partial charge in [0.1, 0.15) is 0 Å². The second kappa shape index (κ2) is 6.27. The molecule has 2 nitrogen and oxygen atoms in total. The number of hydrogen-bond donors (Lipinski definition) is 1. The molecule has 2 rings (SSSR count). The molecule has 0 spiro atoms. The van der Waals surface area contributed by atoms with Crippen molar-refractivity contribution in [1.82, 2.24) is 5.32 Å². The molecule has 1 aromatic carbocycles. The van der Waals surface area contributed by atoms with E-state index in [1.807, 2.05) is 0 Å². The number of benzene rings is 1. The van der Waals surface area contributed by atoms with Gasteiger partial charge in [0.2, 0.25) is 0 Å². The Morgan fingerprint density at radius 3 is 2.74 bits per heavy atom. The molecule has 1 N–H and O–H groups in total. The van der Waals surface area contributed by atoms with Crippen LogP contribution in [0, 0.1) is 5.92 Å². The first kappa shape index (κ1) is 14.9. The second-order valence-corrected chi connectivity index (χ2v) is 6.56. The summed E-state index contributed by atoms with van der Waals surface area (Å²) in [6.07, 6.45) is 4.40. The first-order valence-corrected chi connectivity index (χ1v) is 8.19. The van der Waals surface area contributed by atoms with Gasteiger partial charge in [0, 0.05) is 15.9 Å². The maximum atomic E-state index is 12.3. The summed E-state index contributed by atoms with van der Waals surface area (Å²) in [5.74, 6) is 0.728. The smallest absolute Gasteiger partial charge is 0.251 e. The van der Waals surface area contributed by atoms with Crippen LogP contribution in [0.15, 0.2) is 24.3 Å². The maximum Gasteiger partial charge on any atom is 0.251 e. The molecule has 0 radical (unpaired) electrons. The summed E-state index contributed by atoms with van der Waals surface area (Å²) in [7, 11) is 0. The van der Waals surface area contributed by atoms with Gasteiger partial charge in [0.15, 0.2) is 0 Å². The number of rotatable bonds is 3. The molecule has 1 fully saturated rings. The van der Waals surface area contributed by atoms with E-state index in [0.29, 0.717) is 10.6 Å². The lowest BCUT2D eigenvalue weighted by molar-refractivity contribution is 0.0874. The van der Waals surface area contributed by atoms with Gasteiger partial charge in [-0.15, -0.1) is 0 Å². The minimum absolute atomic E-state index is 0.0310. The molecule has 0 aliphatic heterocycles. The van der Waals surface area contributed by atoms with E-state index >= 15 is 0 Å². The average molecular weight is 345 g/mol. The highest BCUT2D eigenvalue weighted by atomic mass is 79.9. The molecule has 0 heterocycles. The van der Waals surface area contributed by atoms with Crippen molar-refractivity contribution in [2.24, 2.45) is 5.92 Å². The van der Waals surface area contributed by atoms with Gasteiger partial charge in [-0.05, 0) is 49.8 Å². The Kier molecular flexibility index (Phi) is 4.91. The van der Waals surface area contributed by atoms with Gasteiger partial charge in [-0.25, -0.2) is 0 Å². The average Bonchev–Trinajstić information content (AvgIpc) is 2.42. The SMILES string of the molecule is CC1CCC(CBr)(NC(=O)c2cccc(Cl)c2)CC1. The number of carbonyl (C=O) groups is 1. The van der Waals surface area contributed by atoms with Crippen LogP contribution < -0.4 is 5.32 Å². The van der Waals surface area contributed by atoms with Gasteiger partial charge >= 0.3 is 0 Å². The molecule has 19 heavy (non-hydrogen) atoms. The minimum atomic E-state index is -0.105. The number of hydrogen-bond acceptors (Lipinski definition) is 1. The zero-order valence-electron chi connectivity index (χ0n) is 11.1. The number of halogens is 2. The summed E-state index contributed by atoms with van der Waals surface area (Å²) in [5.41, 5.74) is 0.526. The summed E-state index contributed by atoms with van der Waals surface area (Å²) in [5, 5.41) is 4.60. The summed E-state index contributed by atoms with van der Waals surface area (Å²) in [6.45, 7) is 2.27. The number of alkyl halides is 1. The summed E-state index contributed by atoms with van der Waals surface area (Å²) >= 11 is 9.49. The Balaban J connectivity index is 2.08. The molecule has 4 heteroatoms. The molecule has 104 valence electrons. The Labute approximate surface area is 128 Å². The Bertz CT molecular complexity index is 455. The topological polar surface area (TPSA) is 29.1 Å². The van der Waals surface area contributed by atoms with Crippen LogP contribution in [0.4, 0.5) is 0 Å². The summed E-state index contributed by atoms with van der Waals surface area (Å²) in [4.78, 5) is 12.3. The van der Waals surface area contributed by atoms with Gasteiger partial charge in [-0.2, -0.15) is 0 Å². The molecular weight excluding hydrogens is 326 g/mol. The Morgan fingerprint density at radius 1 is 1.47 bits per heavy atom. The van der Waals surface area contributed by atoms with Gasteiger partial charge < -0.3 is 5.32 Å². The van der Waals surface area contributed by atoms with Crippen molar-refractivity contribution in [3.8, 4) is 0 Å². The van der Waals surface area contributed by atoms with E-state index in [4.69, 9.17) is 11.6 Å². The molecule has 1 aromatic rings. The molecule has 0 unspecified atom stereocenters. The van der Waals surface area contributed by atoms with Crippen molar-refractivity contribution >= 4 is 33.4 Å². The van der Waals surface area contributed by atoms with E-state index in [1.54, 1.807) is 24.3 Å². The predicted octanol–water partition coefficient (Wildman–Crippen LogP) is 4.41. The van der Waals surface area contributed by atoms with E-state index in [9.17, 15) is 4.79 Å². The third-order valence-corrected chi connectivity index (χ3v) is 5.26. The molecule has 0 aromatic heterocycles. The van der Waals surface area contributed by atoms with Crippen LogP contribution in [0.3, 0.4) is 0 Å². The molecular formula is C15H19BrClNO. The van der Waals surface area contributed by atoms with Crippen LogP contribution in [-0.2, 0) is 0 Å². The lowest BCUT2D eigenvalue weighted by Gasteiger charge is -2.39. The highest BCUT2D eigenvalue weighted by molar-refractivity contribution is 9.09. The number of nitrogens with one attached hydrogen (secondary N) is 1. The quantitative estimate of drug-likeness (QED) is 0.808. The highest BCUT2D eigenvalue weighted by Gasteiger charge is 2.34. The van der Waals surface area contributed by atoms with E-state index in [-0.39, 0.29) is 11.4 Å². The molecule has 1 aliphatic rings. The van der Waals surface area contributed by atoms with Crippen LogP contribution in [-0.4, -0.2) is 16.8 Å². The predicted molar refractivity (Wildman–Crippen MR) is 83.1 cm³/mol. The second-order valence-electron chi connectivity index (χ2n) is 5.56. The van der Waals surface area contributed by atoms with Crippen molar-refractivity contribution < 1.29 is 4.79 Å². The van der Waals surface area contributed by atoms with E-state index in [1.165, 1.54) is 12.8 Å². The third-order valence-electron chi connectivity index (χ3n) is 3.95. The van der Waals surface area contributed by atoms with Crippen LogP contribution in [0.1, 0.15) is 43.0 Å². The Hall–Kier alpha value is -0.540. The van der Waals surface area contributed by atoms with Crippen LogP contribution in [0.5, 0.6) is 0 Å². The maximum absolute atomic E-state index is 12.3. The summed E-state index contributed by atoms with van der Waals surface area (Å²) < 4.78 is 0. The molecule has 0 bridgehead atoms. The third kappa shape index (κ3) is 3.73. The monoisotopic (exact) mass is 343 g/mol. The number of amides is 1. The lowest BCUT2D eigenvalue weighted by Crippen LogP contribution is -2.52. The van der Waals surface area contributed by atoms with Crippen molar-refractivity contribution in [3.63, 3.8) is 0 Å². The highest BCUT2D eigenvalue weighted by Crippen LogP contribution is 2.33. The van der Waals surface area contributed by atoms with Crippen LogP contribution >= 0.6 is 27.5 Å². The first-order chi connectivity index (χ1) is 9.04. The van der Waals surface area contributed by atoms with Crippen molar-refractivity contribution in [1.29, 1.82) is 0 Å². The molecule has 1 saturated carbocycles. The van der Waals surface area contributed by atoms with E-state index in [0.717, 1.165) is 24.1 Å². The van der Waals surface area contributed by atoms with E-state index in [2.05, 4.69) is 28.2 Å². The van der Waals surface area contributed by atoms with Gasteiger partial charge in [0.05, 0.1) is 5.54 Å². The van der Waals surface area contributed by atoms with Crippen molar-refractivity contribution in [3.05, 3.63) is 34.9 Å². The lowest BCUT2D eigenvalue weighted by atomic mass is 9.78. The molecule has 1 amide bonds. The van der Waals surface area contributed by atoms with Crippen LogP contribution in [0.2, 0.25) is 5.02 Å². The normalized spacial score (nSPS) is 27.0. The fourth-order valence-corrected chi connectivity index (χ4v) is 3.44. The largest absolute Gasteiger partial charge is 0.346 e. The Morgan fingerprint density at radius 2 is 2.16 bits per heavy atom. The minimum Gasteiger partial charge on any atom is -0.346 e.